The van der Waals surface area contributed by atoms with Crippen molar-refractivity contribution in [2.24, 2.45) is 0 Å². The lowest BCUT2D eigenvalue weighted by Crippen LogP contribution is -2.14. The van der Waals surface area contributed by atoms with Gasteiger partial charge in [0, 0.05) is 55.5 Å². The lowest BCUT2D eigenvalue weighted by Gasteiger charge is -2.25. The largest absolute Gasteiger partial charge is 0.456 e. The Hall–Kier alpha value is -7.36. The lowest BCUT2D eigenvalue weighted by atomic mass is 9.81. The highest BCUT2D eigenvalue weighted by molar-refractivity contribution is 6.19. The van der Waals surface area contributed by atoms with Crippen LogP contribution < -0.4 is 4.90 Å². The van der Waals surface area contributed by atoms with Gasteiger partial charge in [-0.1, -0.05) is 129 Å². The maximum atomic E-state index is 6.87. The Morgan fingerprint density at radius 3 is 1.84 bits per heavy atom. The third-order valence-electron chi connectivity index (χ3n) is 12.5. The molecular weight excluding hydrogens is 707 g/mol. The average molecular weight is 744 g/mol. The second-order valence-corrected chi connectivity index (χ2v) is 16.1. The molecule has 274 valence electrons. The van der Waals surface area contributed by atoms with Gasteiger partial charge in [-0.25, -0.2) is 0 Å². The van der Waals surface area contributed by atoms with Gasteiger partial charge in [0.05, 0.1) is 0 Å². The van der Waals surface area contributed by atoms with E-state index in [0.29, 0.717) is 0 Å². The molecule has 58 heavy (non-hydrogen) atoms. The number of nitrogens with zero attached hydrogens (tertiary/aromatic N) is 1. The molecule has 0 spiro atoms. The highest BCUT2D eigenvalue weighted by Crippen LogP contribution is 2.50. The molecule has 1 aliphatic rings. The summed E-state index contributed by atoms with van der Waals surface area (Å²) in [5.74, 6) is 0. The molecule has 3 heteroatoms. The van der Waals surface area contributed by atoms with E-state index in [9.17, 15) is 0 Å². The Morgan fingerprint density at radius 2 is 0.983 bits per heavy atom. The second kappa shape index (κ2) is 12.3. The molecule has 0 saturated carbocycles. The zero-order valence-electron chi connectivity index (χ0n) is 32.2. The third kappa shape index (κ3) is 4.86. The molecule has 3 nitrogen and oxygen atoms in total. The van der Waals surface area contributed by atoms with Gasteiger partial charge in [0.25, 0.3) is 0 Å². The molecule has 0 aliphatic heterocycles. The topological polar surface area (TPSA) is 29.5 Å². The van der Waals surface area contributed by atoms with Gasteiger partial charge in [-0.15, -0.1) is 0 Å². The Balaban J connectivity index is 0.966. The maximum absolute atomic E-state index is 6.87. The molecule has 11 aromatic rings. The highest BCUT2D eigenvalue weighted by Gasteiger charge is 2.35. The Labute approximate surface area is 336 Å². The van der Waals surface area contributed by atoms with Gasteiger partial charge in [-0.2, -0.15) is 0 Å². The quantitative estimate of drug-likeness (QED) is 0.176. The minimum atomic E-state index is -0.0740. The van der Waals surface area contributed by atoms with Gasteiger partial charge < -0.3 is 13.7 Å². The van der Waals surface area contributed by atoms with Gasteiger partial charge in [0.1, 0.15) is 22.3 Å². The first kappa shape index (κ1) is 32.8. The molecule has 0 radical (unpaired) electrons. The molecular formula is C55H37NO2. The molecule has 1 aliphatic carbocycles. The second-order valence-electron chi connectivity index (χ2n) is 16.1. The fourth-order valence-electron chi connectivity index (χ4n) is 9.57. The van der Waals surface area contributed by atoms with Gasteiger partial charge in [-0.3, -0.25) is 0 Å². The number of anilines is 3. The van der Waals surface area contributed by atoms with E-state index in [1.54, 1.807) is 0 Å². The molecule has 9 aromatic carbocycles. The summed E-state index contributed by atoms with van der Waals surface area (Å²) in [5, 5.41) is 6.79. The van der Waals surface area contributed by atoms with Crippen molar-refractivity contribution < 1.29 is 8.83 Å². The predicted molar refractivity (Wildman–Crippen MR) is 242 cm³/mol. The van der Waals surface area contributed by atoms with Gasteiger partial charge in [-0.05, 0) is 117 Å². The first-order valence-electron chi connectivity index (χ1n) is 20.0. The van der Waals surface area contributed by atoms with Crippen LogP contribution in [0.4, 0.5) is 17.1 Å². The van der Waals surface area contributed by atoms with Crippen LogP contribution in [0.1, 0.15) is 25.0 Å². The molecule has 0 fully saturated rings. The molecule has 0 N–H and O–H groups in total. The van der Waals surface area contributed by atoms with Gasteiger partial charge in [0.15, 0.2) is 0 Å². The predicted octanol–water partition coefficient (Wildman–Crippen LogP) is 15.7. The van der Waals surface area contributed by atoms with E-state index in [4.69, 9.17) is 8.83 Å². The van der Waals surface area contributed by atoms with Crippen molar-refractivity contribution in [2.45, 2.75) is 19.3 Å². The third-order valence-corrected chi connectivity index (χ3v) is 12.5. The van der Waals surface area contributed by atoms with Crippen LogP contribution >= 0.6 is 0 Å². The number of hydrogen-bond donors (Lipinski definition) is 0. The number of benzene rings is 9. The van der Waals surface area contributed by atoms with Crippen molar-refractivity contribution >= 4 is 71.7 Å². The Kier molecular flexibility index (Phi) is 6.98. The van der Waals surface area contributed by atoms with E-state index < -0.39 is 0 Å². The standard InChI is InChI=1S/C55H37NO2/c1-55(2)49-18-10-8-15-41(49)42-27-22-36(31-50(42)55)46-33-48-44-28-26-39(32-53(44)58-54(48)45-17-7-6-14-40(45)46)56(37-12-4-3-5-13-37)38-24-20-34(21-25-38)35-23-29-52-47(30-35)43-16-9-11-19-51(43)57-52/h3-33H,1-2H3. The van der Waals surface area contributed by atoms with E-state index in [1.165, 1.54) is 38.8 Å². The summed E-state index contributed by atoms with van der Waals surface area (Å²) in [7, 11) is 0. The van der Waals surface area contributed by atoms with Crippen LogP contribution in [0.25, 0.3) is 88.0 Å². The number of furan rings is 2. The van der Waals surface area contributed by atoms with Crippen LogP contribution in [0.5, 0.6) is 0 Å². The number of rotatable bonds is 5. The van der Waals surface area contributed by atoms with Crippen LogP contribution in [0.3, 0.4) is 0 Å². The smallest absolute Gasteiger partial charge is 0.143 e. The summed E-state index contributed by atoms with van der Waals surface area (Å²) in [6, 6.07) is 67.6. The normalized spacial score (nSPS) is 13.1. The summed E-state index contributed by atoms with van der Waals surface area (Å²) in [6.07, 6.45) is 0. The van der Waals surface area contributed by atoms with E-state index in [1.807, 2.05) is 12.1 Å². The lowest BCUT2D eigenvalue weighted by molar-refractivity contribution is 0.660. The van der Waals surface area contributed by atoms with E-state index in [0.717, 1.165) is 77.5 Å². The SMILES string of the molecule is CC1(C)c2ccccc2-c2ccc(-c3cc4c5ccc(N(c6ccccc6)c6ccc(-c7ccc8oc9ccccc9c8c7)cc6)cc5oc4c4ccccc34)cc21. The fourth-order valence-corrected chi connectivity index (χ4v) is 9.57. The summed E-state index contributed by atoms with van der Waals surface area (Å²) in [6.45, 7) is 4.69. The molecule has 0 atom stereocenters. The first-order valence-corrected chi connectivity index (χ1v) is 20.0. The van der Waals surface area contributed by atoms with E-state index in [-0.39, 0.29) is 5.41 Å². The highest BCUT2D eigenvalue weighted by atomic mass is 16.3. The van der Waals surface area contributed by atoms with Crippen molar-refractivity contribution in [3.05, 3.63) is 199 Å². The average Bonchev–Trinajstić information content (AvgIpc) is 3.91. The van der Waals surface area contributed by atoms with Crippen LogP contribution in [-0.4, -0.2) is 0 Å². The van der Waals surface area contributed by atoms with Crippen molar-refractivity contribution in [2.75, 3.05) is 4.90 Å². The van der Waals surface area contributed by atoms with Crippen LogP contribution in [0.2, 0.25) is 0 Å². The molecule has 0 amide bonds. The van der Waals surface area contributed by atoms with Crippen molar-refractivity contribution in [3.8, 4) is 33.4 Å². The maximum Gasteiger partial charge on any atom is 0.143 e. The molecule has 2 heterocycles. The van der Waals surface area contributed by atoms with Gasteiger partial charge in [0.2, 0.25) is 0 Å². The number of para-hydroxylation sites is 2. The Morgan fingerprint density at radius 1 is 0.345 bits per heavy atom. The van der Waals surface area contributed by atoms with Crippen LogP contribution in [0.15, 0.2) is 197 Å². The summed E-state index contributed by atoms with van der Waals surface area (Å²) in [4.78, 5) is 2.30. The molecule has 12 rings (SSSR count). The minimum absolute atomic E-state index is 0.0740. The van der Waals surface area contributed by atoms with Crippen molar-refractivity contribution in [1.82, 2.24) is 0 Å². The minimum Gasteiger partial charge on any atom is -0.456 e. The number of hydrogen-bond acceptors (Lipinski definition) is 3. The summed E-state index contributed by atoms with van der Waals surface area (Å²) >= 11 is 0. The Bertz CT molecular complexity index is 3420. The first-order chi connectivity index (χ1) is 28.5. The molecule has 0 bridgehead atoms. The molecule has 0 saturated heterocycles. The fraction of sp³-hybridized carbons (Fsp3) is 0.0545. The zero-order valence-corrected chi connectivity index (χ0v) is 32.2. The summed E-state index contributed by atoms with van der Waals surface area (Å²) in [5.41, 5.74) is 16.9. The molecule has 0 unspecified atom stereocenters. The van der Waals surface area contributed by atoms with E-state index >= 15 is 0 Å². The number of fused-ring (bicyclic) bond motifs is 11. The van der Waals surface area contributed by atoms with Crippen LogP contribution in [-0.2, 0) is 5.41 Å². The zero-order chi connectivity index (χ0) is 38.5. The van der Waals surface area contributed by atoms with Crippen LogP contribution in [0, 0.1) is 0 Å². The van der Waals surface area contributed by atoms with Crippen molar-refractivity contribution in [1.29, 1.82) is 0 Å². The van der Waals surface area contributed by atoms with E-state index in [2.05, 4.69) is 195 Å². The monoisotopic (exact) mass is 743 g/mol. The summed E-state index contributed by atoms with van der Waals surface area (Å²) < 4.78 is 13.0. The molecule has 2 aromatic heterocycles. The van der Waals surface area contributed by atoms with Gasteiger partial charge >= 0.3 is 0 Å². The van der Waals surface area contributed by atoms with Crippen molar-refractivity contribution in [3.63, 3.8) is 0 Å².